The van der Waals surface area contributed by atoms with Crippen LogP contribution in [0, 0.1) is 0 Å². The van der Waals surface area contributed by atoms with E-state index in [0.29, 0.717) is 19.7 Å². The number of Topliss-reactive ketones (excluding diaryl/α,β-unsaturated/α-hetero) is 1. The molecule has 5 heteroatoms. The van der Waals surface area contributed by atoms with Gasteiger partial charge in [0.25, 0.3) is 11.7 Å². The average molecular weight is 389 g/mol. The summed E-state index contributed by atoms with van der Waals surface area (Å²) in [5.74, 6) is -0.926. The van der Waals surface area contributed by atoms with E-state index >= 15 is 0 Å². The van der Waals surface area contributed by atoms with E-state index in [1.165, 1.54) is 23.5 Å². The molecule has 0 N–H and O–H groups in total. The van der Waals surface area contributed by atoms with Crippen molar-refractivity contribution in [1.29, 1.82) is 0 Å². The Morgan fingerprint density at radius 1 is 0.931 bits per heavy atom. The molecular formula is C24H23NO4. The highest BCUT2D eigenvalue weighted by Gasteiger charge is 2.31. The highest BCUT2D eigenvalue weighted by atomic mass is 16.5. The maximum atomic E-state index is 12.6. The van der Waals surface area contributed by atoms with Gasteiger partial charge in [0.05, 0.1) is 19.0 Å². The predicted molar refractivity (Wildman–Crippen MR) is 109 cm³/mol. The maximum Gasteiger partial charge on any atom is 0.298 e. The van der Waals surface area contributed by atoms with Gasteiger partial charge < -0.3 is 14.1 Å². The molecule has 0 spiro atoms. The van der Waals surface area contributed by atoms with Gasteiger partial charge >= 0.3 is 0 Å². The molecule has 3 aromatic rings. The van der Waals surface area contributed by atoms with Crippen LogP contribution in [-0.2, 0) is 9.53 Å². The van der Waals surface area contributed by atoms with Gasteiger partial charge in [0, 0.05) is 19.0 Å². The van der Waals surface area contributed by atoms with E-state index < -0.39 is 11.7 Å². The van der Waals surface area contributed by atoms with Gasteiger partial charge in [0.2, 0.25) is 0 Å². The molecule has 1 amide bonds. The van der Waals surface area contributed by atoms with Crippen LogP contribution in [0.4, 0.5) is 0 Å². The number of ketones is 1. The Kier molecular flexibility index (Phi) is 5.86. The highest BCUT2D eigenvalue weighted by molar-refractivity contribution is 6.41. The molecule has 0 unspecified atom stereocenters. The van der Waals surface area contributed by atoms with Crippen molar-refractivity contribution in [3.8, 4) is 0 Å². The van der Waals surface area contributed by atoms with Crippen LogP contribution in [0.2, 0.25) is 0 Å². The molecule has 0 radical (unpaired) electrons. The van der Waals surface area contributed by atoms with Gasteiger partial charge in [-0.3, -0.25) is 9.59 Å². The van der Waals surface area contributed by atoms with Gasteiger partial charge in [-0.1, -0.05) is 60.7 Å². The van der Waals surface area contributed by atoms with Crippen LogP contribution < -0.4 is 0 Å². The van der Waals surface area contributed by atoms with E-state index in [1.54, 1.807) is 11.0 Å². The van der Waals surface area contributed by atoms with Gasteiger partial charge in [-0.2, -0.15) is 0 Å². The lowest BCUT2D eigenvalue weighted by Gasteiger charge is -2.34. The zero-order chi connectivity index (χ0) is 20.1. The predicted octanol–water partition coefficient (Wildman–Crippen LogP) is 3.91. The number of rotatable bonds is 6. The fourth-order valence-corrected chi connectivity index (χ4v) is 3.80. The van der Waals surface area contributed by atoms with Gasteiger partial charge in [-0.05, 0) is 29.7 Å². The third-order valence-electron chi connectivity index (χ3n) is 5.27. The van der Waals surface area contributed by atoms with E-state index in [9.17, 15) is 9.59 Å². The number of hydrogen-bond donors (Lipinski definition) is 0. The molecule has 1 saturated heterocycles. The normalized spacial score (nSPS) is 16.7. The first-order chi connectivity index (χ1) is 14.2. The zero-order valence-corrected chi connectivity index (χ0v) is 16.1. The van der Waals surface area contributed by atoms with E-state index in [2.05, 4.69) is 24.3 Å². The Balaban J connectivity index is 1.49. The van der Waals surface area contributed by atoms with Crippen molar-refractivity contribution in [3.05, 3.63) is 95.9 Å². The minimum absolute atomic E-state index is 0.0736. The largest absolute Gasteiger partial charge is 0.461 e. The van der Waals surface area contributed by atoms with Gasteiger partial charge in [0.1, 0.15) is 0 Å². The Hall–Kier alpha value is -3.18. The summed E-state index contributed by atoms with van der Waals surface area (Å²) in [6, 6.07) is 23.7. The number of carbonyl (C=O) groups is 2. The van der Waals surface area contributed by atoms with Crippen molar-refractivity contribution in [2.45, 2.75) is 18.4 Å². The molecule has 1 aliphatic heterocycles. The quantitative estimate of drug-likeness (QED) is 0.474. The number of furan rings is 1. The Bertz CT molecular complexity index is 898. The summed E-state index contributed by atoms with van der Waals surface area (Å²) in [5.41, 5.74) is 2.41. The van der Waals surface area contributed by atoms with Crippen molar-refractivity contribution in [1.82, 2.24) is 4.90 Å². The van der Waals surface area contributed by atoms with Crippen molar-refractivity contribution in [2.75, 3.05) is 19.7 Å². The standard InChI is InChI=1S/C24H23NO4/c26-23(22-12-7-14-29-22)24(27)25-13-15-28-20(17-25)16-21(18-8-3-1-4-9-18)19-10-5-2-6-11-19/h1-12,14,20-21H,13,15-17H2/t20-/m1/s1. The highest BCUT2D eigenvalue weighted by Crippen LogP contribution is 2.31. The van der Waals surface area contributed by atoms with Crippen LogP contribution in [0.15, 0.2) is 83.5 Å². The first-order valence-corrected chi connectivity index (χ1v) is 9.81. The van der Waals surface area contributed by atoms with Crippen molar-refractivity contribution in [2.24, 2.45) is 0 Å². The number of ether oxygens (including phenoxy) is 1. The monoisotopic (exact) mass is 389 g/mol. The summed E-state index contributed by atoms with van der Waals surface area (Å²) in [5, 5.41) is 0. The summed E-state index contributed by atoms with van der Waals surface area (Å²) >= 11 is 0. The molecule has 1 aliphatic rings. The summed E-state index contributed by atoms with van der Waals surface area (Å²) in [7, 11) is 0. The van der Waals surface area contributed by atoms with E-state index in [0.717, 1.165) is 6.42 Å². The van der Waals surface area contributed by atoms with Crippen LogP contribution >= 0.6 is 0 Å². The van der Waals surface area contributed by atoms with Crippen molar-refractivity contribution in [3.63, 3.8) is 0 Å². The zero-order valence-electron chi connectivity index (χ0n) is 16.1. The fraction of sp³-hybridized carbons (Fsp3) is 0.250. The summed E-state index contributed by atoms with van der Waals surface area (Å²) in [6.07, 6.45) is 1.97. The lowest BCUT2D eigenvalue weighted by molar-refractivity contribution is -0.134. The lowest BCUT2D eigenvalue weighted by atomic mass is 9.86. The third-order valence-corrected chi connectivity index (χ3v) is 5.27. The molecule has 4 rings (SSSR count). The topological polar surface area (TPSA) is 59.8 Å². The SMILES string of the molecule is O=C(C(=O)N1CCO[C@H](CC(c2ccccc2)c2ccccc2)C1)c1ccco1. The number of nitrogens with zero attached hydrogens (tertiary/aromatic N) is 1. The maximum absolute atomic E-state index is 12.6. The van der Waals surface area contributed by atoms with Crippen molar-refractivity contribution < 1.29 is 18.7 Å². The fourth-order valence-electron chi connectivity index (χ4n) is 3.80. The van der Waals surface area contributed by atoms with Crippen LogP contribution in [-0.4, -0.2) is 42.4 Å². The third kappa shape index (κ3) is 4.46. The smallest absolute Gasteiger partial charge is 0.298 e. The molecule has 29 heavy (non-hydrogen) atoms. The summed E-state index contributed by atoms with van der Waals surface area (Å²) in [6.45, 7) is 1.21. The molecule has 148 valence electrons. The van der Waals surface area contributed by atoms with E-state index in [1.807, 2.05) is 36.4 Å². The van der Waals surface area contributed by atoms with Crippen molar-refractivity contribution >= 4 is 11.7 Å². The van der Waals surface area contributed by atoms with Crippen LogP contribution in [0.1, 0.15) is 34.0 Å². The minimum Gasteiger partial charge on any atom is -0.461 e. The Morgan fingerprint density at radius 2 is 1.59 bits per heavy atom. The number of hydrogen-bond acceptors (Lipinski definition) is 4. The molecule has 1 atom stereocenters. The lowest BCUT2D eigenvalue weighted by Crippen LogP contribution is -2.48. The molecule has 1 aromatic heterocycles. The summed E-state index contributed by atoms with van der Waals surface area (Å²) in [4.78, 5) is 26.6. The van der Waals surface area contributed by atoms with Gasteiger partial charge in [-0.25, -0.2) is 0 Å². The van der Waals surface area contributed by atoms with E-state index in [4.69, 9.17) is 9.15 Å². The Labute approximate surface area is 169 Å². The first-order valence-electron chi connectivity index (χ1n) is 9.81. The molecule has 2 aromatic carbocycles. The Morgan fingerprint density at radius 3 is 2.17 bits per heavy atom. The second-order valence-electron chi connectivity index (χ2n) is 7.16. The number of carbonyl (C=O) groups excluding carboxylic acids is 2. The molecule has 0 bridgehead atoms. The number of amides is 1. The molecular weight excluding hydrogens is 366 g/mol. The van der Waals surface area contributed by atoms with Crippen LogP contribution in [0.3, 0.4) is 0 Å². The van der Waals surface area contributed by atoms with Gasteiger partial charge in [-0.15, -0.1) is 0 Å². The second-order valence-corrected chi connectivity index (χ2v) is 7.16. The van der Waals surface area contributed by atoms with Crippen LogP contribution in [0.25, 0.3) is 0 Å². The molecule has 1 fully saturated rings. The first kappa shape index (κ1) is 19.2. The van der Waals surface area contributed by atoms with Gasteiger partial charge in [0.15, 0.2) is 5.76 Å². The minimum atomic E-state index is -0.613. The molecule has 0 aliphatic carbocycles. The second kappa shape index (κ2) is 8.88. The summed E-state index contributed by atoms with van der Waals surface area (Å²) < 4.78 is 11.1. The van der Waals surface area contributed by atoms with E-state index in [-0.39, 0.29) is 17.8 Å². The molecule has 0 saturated carbocycles. The number of morpholine rings is 1. The number of benzene rings is 2. The molecule has 5 nitrogen and oxygen atoms in total. The molecule has 2 heterocycles. The van der Waals surface area contributed by atoms with Crippen LogP contribution in [0.5, 0.6) is 0 Å². The average Bonchev–Trinajstić information content (AvgIpc) is 3.33.